The Kier molecular flexibility index (Phi) is 4.11. The first-order valence-electron chi connectivity index (χ1n) is 8.27. The lowest BCUT2D eigenvalue weighted by Crippen LogP contribution is -1.94. The molecule has 0 aliphatic carbocycles. The Morgan fingerprint density at radius 2 is 1.00 bits per heavy atom. The fourth-order valence-electron chi connectivity index (χ4n) is 3.46. The van der Waals surface area contributed by atoms with Crippen LogP contribution in [-0.2, 0) is 0 Å². The molecule has 4 aromatic rings. The molecule has 0 atom stereocenters. The number of nitrogens with zero attached hydrogens (tertiary/aromatic N) is 4. The Hall–Kier alpha value is -3.68. The molecular weight excluding hydrogens is 384 g/mol. The summed E-state index contributed by atoms with van der Waals surface area (Å²) in [5.74, 6) is 0. The number of nitriles is 4. The fourth-order valence-corrected chi connectivity index (χ4v) is 5.66. The van der Waals surface area contributed by atoms with Crippen LogP contribution in [0, 0.1) is 59.2 Å². The van der Waals surface area contributed by atoms with Crippen LogP contribution in [-0.4, -0.2) is 0 Å². The van der Waals surface area contributed by atoms with E-state index in [2.05, 4.69) is 12.1 Å². The summed E-state index contributed by atoms with van der Waals surface area (Å²) >= 11 is 2.91. The van der Waals surface area contributed by atoms with Gasteiger partial charge in [0.1, 0.15) is 35.4 Å². The monoisotopic (exact) mass is 394 g/mol. The molecule has 2 aromatic carbocycles. The molecule has 4 nitrogen and oxygen atoms in total. The summed E-state index contributed by atoms with van der Waals surface area (Å²) in [6.45, 7) is 4.09. The molecule has 0 aliphatic heterocycles. The first kappa shape index (κ1) is 17.7. The van der Waals surface area contributed by atoms with E-state index in [1.807, 2.05) is 50.3 Å². The van der Waals surface area contributed by atoms with Crippen molar-refractivity contribution in [3.63, 3.8) is 0 Å². The Morgan fingerprint density at radius 1 is 0.643 bits per heavy atom. The van der Waals surface area contributed by atoms with Crippen LogP contribution in [0.25, 0.3) is 42.1 Å². The molecule has 4 rings (SSSR count). The molecule has 130 valence electrons. The molecule has 0 radical (unpaired) electrons. The minimum Gasteiger partial charge on any atom is -0.192 e. The molecule has 0 amide bonds. The summed E-state index contributed by atoms with van der Waals surface area (Å²) in [7, 11) is 0. The number of hydrogen-bond donors (Lipinski definition) is 0. The van der Waals surface area contributed by atoms with Gasteiger partial charge in [-0.25, -0.2) is 0 Å². The van der Waals surface area contributed by atoms with Gasteiger partial charge in [-0.05, 0) is 70.8 Å². The van der Waals surface area contributed by atoms with Crippen molar-refractivity contribution < 1.29 is 0 Å². The molecule has 0 saturated heterocycles. The number of fused-ring (bicyclic) bond motifs is 3. The van der Waals surface area contributed by atoms with E-state index in [1.54, 1.807) is 0 Å². The number of aryl methyl sites for hydroxylation is 2. The van der Waals surface area contributed by atoms with Gasteiger partial charge in [-0.15, -0.1) is 22.7 Å². The van der Waals surface area contributed by atoms with E-state index in [9.17, 15) is 0 Å². The Morgan fingerprint density at radius 3 is 1.32 bits per heavy atom. The molecule has 0 spiro atoms. The number of thiophene rings is 2. The summed E-state index contributed by atoms with van der Waals surface area (Å²) < 4.78 is 3.48. The minimum absolute atomic E-state index is 0.128. The number of hydrogen-bond acceptors (Lipinski definition) is 6. The molecule has 0 bridgehead atoms. The quantitative estimate of drug-likeness (QED) is 0.445. The van der Waals surface area contributed by atoms with Gasteiger partial charge >= 0.3 is 0 Å². The first-order valence-corrected chi connectivity index (χ1v) is 9.90. The fraction of sp³-hybridized carbons (Fsp3) is 0.0909. The Labute approximate surface area is 168 Å². The highest BCUT2D eigenvalue weighted by atomic mass is 32.1. The van der Waals surface area contributed by atoms with Gasteiger partial charge in [0.25, 0.3) is 0 Å². The maximum Gasteiger partial charge on any atom is 0.146 e. The number of benzene rings is 2. The largest absolute Gasteiger partial charge is 0.192 e. The van der Waals surface area contributed by atoms with Crippen molar-refractivity contribution in [1.29, 1.82) is 21.0 Å². The van der Waals surface area contributed by atoms with E-state index < -0.39 is 0 Å². The molecule has 0 saturated carbocycles. The lowest BCUT2D eigenvalue weighted by atomic mass is 9.98. The zero-order chi connectivity index (χ0) is 20.0. The van der Waals surface area contributed by atoms with Crippen LogP contribution in [0.2, 0.25) is 0 Å². The molecule has 28 heavy (non-hydrogen) atoms. The Bertz CT molecular complexity index is 1470. The van der Waals surface area contributed by atoms with Crippen molar-refractivity contribution in [1.82, 2.24) is 0 Å². The minimum atomic E-state index is 0.128. The van der Waals surface area contributed by atoms with Crippen molar-refractivity contribution in [3.05, 3.63) is 44.5 Å². The van der Waals surface area contributed by atoms with Crippen molar-refractivity contribution >= 4 is 64.8 Å². The van der Waals surface area contributed by atoms with Gasteiger partial charge in [0, 0.05) is 9.40 Å². The van der Waals surface area contributed by atoms with E-state index in [0.29, 0.717) is 9.06 Å². The zero-order valence-corrected chi connectivity index (χ0v) is 16.5. The van der Waals surface area contributed by atoms with Gasteiger partial charge in [0.2, 0.25) is 0 Å². The van der Waals surface area contributed by atoms with Crippen LogP contribution in [0.3, 0.4) is 0 Å². The van der Waals surface area contributed by atoms with E-state index in [1.165, 1.54) is 22.7 Å². The topological polar surface area (TPSA) is 95.2 Å². The molecular formula is C22H10N4S2. The van der Waals surface area contributed by atoms with Gasteiger partial charge in [0.05, 0.1) is 9.06 Å². The standard InChI is InChI=1S/C22H10N4S2/c1-11-17-3-14-6-20(16(9-25)10-26)28-22(14)12(2)18(17)4-13-5-19(27-21(11)13)15(7-23)8-24/h3-6H,1-2H3. The van der Waals surface area contributed by atoms with Crippen LogP contribution >= 0.6 is 22.7 Å². The molecule has 0 aliphatic rings. The van der Waals surface area contributed by atoms with Crippen LogP contribution in [0.1, 0.15) is 11.1 Å². The molecule has 0 N–H and O–H groups in total. The van der Waals surface area contributed by atoms with Gasteiger partial charge in [0.15, 0.2) is 0 Å². The van der Waals surface area contributed by atoms with Gasteiger partial charge in [-0.1, -0.05) is 0 Å². The second-order valence-electron chi connectivity index (χ2n) is 6.35. The summed E-state index contributed by atoms with van der Waals surface area (Å²) in [4.78, 5) is 0. The SMILES string of the molecule is Cc1c2cc3cc(=C(C#N)C#N)sc3c(C)c2cc2cc(=C(C#N)C#N)sc12. The molecule has 0 fully saturated rings. The molecule has 0 unspecified atom stereocenters. The summed E-state index contributed by atoms with van der Waals surface area (Å²) in [6.07, 6.45) is 0. The van der Waals surface area contributed by atoms with Crippen LogP contribution in [0.5, 0.6) is 0 Å². The number of rotatable bonds is 0. The van der Waals surface area contributed by atoms with Crippen LogP contribution in [0.15, 0.2) is 24.3 Å². The molecule has 2 heterocycles. The maximum absolute atomic E-state index is 9.17. The van der Waals surface area contributed by atoms with Crippen LogP contribution < -0.4 is 9.06 Å². The average Bonchev–Trinajstić information content (AvgIpc) is 3.30. The van der Waals surface area contributed by atoms with Crippen molar-refractivity contribution in [2.75, 3.05) is 0 Å². The van der Waals surface area contributed by atoms with Gasteiger partial charge < -0.3 is 0 Å². The maximum atomic E-state index is 9.17. The Balaban J connectivity index is 2.19. The second-order valence-corrected chi connectivity index (χ2v) is 8.46. The van der Waals surface area contributed by atoms with Crippen LogP contribution in [0.4, 0.5) is 0 Å². The van der Waals surface area contributed by atoms with E-state index >= 15 is 0 Å². The third kappa shape index (κ3) is 2.45. The first-order chi connectivity index (χ1) is 13.5. The van der Waals surface area contributed by atoms with E-state index in [4.69, 9.17) is 21.0 Å². The lowest BCUT2D eigenvalue weighted by molar-refractivity contribution is 1.51. The highest BCUT2D eigenvalue weighted by Gasteiger charge is 2.13. The lowest BCUT2D eigenvalue weighted by Gasteiger charge is -2.08. The van der Waals surface area contributed by atoms with Crippen molar-refractivity contribution in [2.45, 2.75) is 13.8 Å². The van der Waals surface area contributed by atoms with Crippen molar-refractivity contribution in [2.24, 2.45) is 0 Å². The predicted octanol–water partition coefficient (Wildman–Crippen LogP) is 4.28. The average molecular weight is 394 g/mol. The highest BCUT2D eigenvalue weighted by molar-refractivity contribution is 7.18. The van der Waals surface area contributed by atoms with Crippen molar-refractivity contribution in [3.8, 4) is 24.3 Å². The third-order valence-corrected chi connectivity index (χ3v) is 7.42. The normalized spacial score (nSPS) is 10.4. The van der Waals surface area contributed by atoms with Gasteiger partial charge in [-0.3, -0.25) is 0 Å². The molecule has 2 aromatic heterocycles. The summed E-state index contributed by atoms with van der Waals surface area (Å²) in [5.41, 5.74) is 2.45. The summed E-state index contributed by atoms with van der Waals surface area (Å²) in [6, 6.07) is 15.8. The molecule has 6 heteroatoms. The van der Waals surface area contributed by atoms with Gasteiger partial charge in [-0.2, -0.15) is 21.0 Å². The summed E-state index contributed by atoms with van der Waals surface area (Å²) in [5, 5.41) is 40.9. The van der Waals surface area contributed by atoms with E-state index in [-0.39, 0.29) is 11.1 Å². The second kappa shape index (κ2) is 6.49. The highest BCUT2D eigenvalue weighted by Crippen LogP contribution is 2.36. The smallest absolute Gasteiger partial charge is 0.146 e. The zero-order valence-electron chi connectivity index (χ0n) is 14.9. The predicted molar refractivity (Wildman–Crippen MR) is 113 cm³/mol. The van der Waals surface area contributed by atoms with E-state index in [0.717, 1.165) is 42.1 Å². The third-order valence-electron chi connectivity index (χ3n) is 4.84.